The van der Waals surface area contributed by atoms with Gasteiger partial charge in [0.15, 0.2) is 0 Å². The smallest absolute Gasteiger partial charge is 0.312 e. The van der Waals surface area contributed by atoms with Crippen molar-refractivity contribution in [2.75, 3.05) is 5.32 Å². The second kappa shape index (κ2) is 4.87. The van der Waals surface area contributed by atoms with E-state index in [-0.39, 0.29) is 16.8 Å². The van der Waals surface area contributed by atoms with Crippen LogP contribution in [0.15, 0.2) is 12.3 Å². The van der Waals surface area contributed by atoms with Crippen LogP contribution in [0.5, 0.6) is 0 Å². The van der Waals surface area contributed by atoms with E-state index in [4.69, 9.17) is 11.6 Å². The molecule has 6 heteroatoms. The van der Waals surface area contributed by atoms with Crippen molar-refractivity contribution < 1.29 is 4.92 Å². The maximum atomic E-state index is 10.9. The molecule has 1 N–H and O–H groups in total. The Kier molecular flexibility index (Phi) is 3.47. The first-order chi connectivity index (χ1) is 8.06. The number of nitro groups is 1. The molecule has 92 valence electrons. The lowest BCUT2D eigenvalue weighted by Crippen LogP contribution is -2.17. The standard InChI is InChI=1S/C11H14ClN3O2/c1-7(4-8-2-3-8)14-11-10(15(16)17)5-9(12)6-13-11/h5-8H,2-4H2,1H3,(H,13,14). The predicted octanol–water partition coefficient (Wildman–Crippen LogP) is 3.24. The third-order valence-corrected chi connectivity index (χ3v) is 3.00. The van der Waals surface area contributed by atoms with Crippen molar-refractivity contribution in [1.82, 2.24) is 4.98 Å². The number of rotatable bonds is 5. The summed E-state index contributed by atoms with van der Waals surface area (Å²) in [5.41, 5.74) is -0.0693. The summed E-state index contributed by atoms with van der Waals surface area (Å²) in [5, 5.41) is 14.2. The molecule has 0 bridgehead atoms. The summed E-state index contributed by atoms with van der Waals surface area (Å²) in [4.78, 5) is 14.4. The summed E-state index contributed by atoms with van der Waals surface area (Å²) in [6, 6.07) is 1.51. The minimum absolute atomic E-state index is 0.0693. The fourth-order valence-electron chi connectivity index (χ4n) is 1.82. The van der Waals surface area contributed by atoms with Crippen molar-refractivity contribution in [2.24, 2.45) is 5.92 Å². The van der Waals surface area contributed by atoms with Crippen LogP contribution in [0.3, 0.4) is 0 Å². The zero-order valence-corrected chi connectivity index (χ0v) is 10.3. The second-order valence-electron chi connectivity index (χ2n) is 4.50. The van der Waals surface area contributed by atoms with E-state index in [9.17, 15) is 10.1 Å². The van der Waals surface area contributed by atoms with E-state index in [2.05, 4.69) is 10.3 Å². The molecule has 1 aromatic rings. The highest BCUT2D eigenvalue weighted by Crippen LogP contribution is 2.34. The number of hydrogen-bond acceptors (Lipinski definition) is 4. The molecule has 1 fully saturated rings. The molecular formula is C11H14ClN3O2. The third-order valence-electron chi connectivity index (χ3n) is 2.80. The molecule has 1 aliphatic rings. The molecule has 1 atom stereocenters. The van der Waals surface area contributed by atoms with Crippen LogP contribution >= 0.6 is 11.6 Å². The maximum absolute atomic E-state index is 10.9. The lowest BCUT2D eigenvalue weighted by atomic mass is 10.1. The van der Waals surface area contributed by atoms with Crippen molar-refractivity contribution in [2.45, 2.75) is 32.2 Å². The van der Waals surface area contributed by atoms with E-state index in [0.29, 0.717) is 5.82 Å². The van der Waals surface area contributed by atoms with E-state index in [0.717, 1.165) is 12.3 Å². The average molecular weight is 256 g/mol. The van der Waals surface area contributed by atoms with Crippen LogP contribution in [-0.4, -0.2) is 15.9 Å². The molecule has 0 aliphatic heterocycles. The van der Waals surface area contributed by atoms with Crippen LogP contribution in [0, 0.1) is 16.0 Å². The second-order valence-corrected chi connectivity index (χ2v) is 4.94. The van der Waals surface area contributed by atoms with Gasteiger partial charge in [0, 0.05) is 18.3 Å². The molecule has 2 rings (SSSR count). The quantitative estimate of drug-likeness (QED) is 0.648. The van der Waals surface area contributed by atoms with Gasteiger partial charge >= 0.3 is 5.69 Å². The molecule has 0 spiro atoms. The van der Waals surface area contributed by atoms with Gasteiger partial charge in [-0.3, -0.25) is 10.1 Å². The molecule has 0 aromatic carbocycles. The number of halogens is 1. The number of hydrogen-bond donors (Lipinski definition) is 1. The number of nitrogens with one attached hydrogen (secondary N) is 1. The van der Waals surface area contributed by atoms with Gasteiger partial charge in [-0.2, -0.15) is 0 Å². The molecule has 1 aromatic heterocycles. The van der Waals surface area contributed by atoms with E-state index < -0.39 is 4.92 Å². The van der Waals surface area contributed by atoms with Gasteiger partial charge in [0.25, 0.3) is 0 Å². The van der Waals surface area contributed by atoms with E-state index in [1.54, 1.807) is 0 Å². The van der Waals surface area contributed by atoms with Gasteiger partial charge in [-0.15, -0.1) is 0 Å². The lowest BCUT2D eigenvalue weighted by molar-refractivity contribution is -0.384. The lowest BCUT2D eigenvalue weighted by Gasteiger charge is -2.13. The molecule has 0 amide bonds. The van der Waals surface area contributed by atoms with Crippen LogP contribution in [0.1, 0.15) is 26.2 Å². The van der Waals surface area contributed by atoms with E-state index in [1.807, 2.05) is 6.92 Å². The Bertz CT molecular complexity index is 435. The molecule has 5 nitrogen and oxygen atoms in total. The minimum Gasteiger partial charge on any atom is -0.362 e. The fraction of sp³-hybridized carbons (Fsp3) is 0.545. The highest BCUT2D eigenvalue weighted by Gasteiger charge is 2.25. The SMILES string of the molecule is CC(CC1CC1)Nc1ncc(Cl)cc1[N+](=O)[O-]. The Balaban J connectivity index is 2.10. The first kappa shape index (κ1) is 12.1. The zero-order chi connectivity index (χ0) is 12.4. The van der Waals surface area contributed by atoms with Crippen molar-refractivity contribution in [3.63, 3.8) is 0 Å². The fourth-order valence-corrected chi connectivity index (χ4v) is 1.98. The Labute approximate surface area is 104 Å². The van der Waals surface area contributed by atoms with Crippen molar-refractivity contribution in [3.05, 3.63) is 27.4 Å². The number of anilines is 1. The Morgan fingerprint density at radius 1 is 1.71 bits per heavy atom. The van der Waals surface area contributed by atoms with Crippen molar-refractivity contribution in [3.8, 4) is 0 Å². The van der Waals surface area contributed by atoms with Gasteiger partial charge in [-0.05, 0) is 19.3 Å². The molecule has 1 unspecified atom stereocenters. The average Bonchev–Trinajstić information content (AvgIpc) is 3.04. The summed E-state index contributed by atoms with van der Waals surface area (Å²) in [6.45, 7) is 2.01. The van der Waals surface area contributed by atoms with Crippen LogP contribution in [0.25, 0.3) is 0 Å². The Morgan fingerprint density at radius 2 is 2.41 bits per heavy atom. The van der Waals surface area contributed by atoms with Gasteiger partial charge in [0.2, 0.25) is 5.82 Å². The summed E-state index contributed by atoms with van der Waals surface area (Å²) >= 11 is 5.70. The first-order valence-electron chi connectivity index (χ1n) is 5.62. The van der Waals surface area contributed by atoms with Crippen LogP contribution < -0.4 is 5.32 Å². The molecule has 1 aliphatic carbocycles. The maximum Gasteiger partial charge on any atom is 0.312 e. The summed E-state index contributed by atoms with van der Waals surface area (Å²) < 4.78 is 0. The van der Waals surface area contributed by atoms with Gasteiger partial charge in [-0.25, -0.2) is 4.98 Å². The highest BCUT2D eigenvalue weighted by atomic mass is 35.5. The normalized spacial score (nSPS) is 16.6. The zero-order valence-electron chi connectivity index (χ0n) is 9.52. The Hall–Kier alpha value is -1.36. The number of nitrogens with zero attached hydrogens (tertiary/aromatic N) is 2. The van der Waals surface area contributed by atoms with Gasteiger partial charge < -0.3 is 5.32 Å². The van der Waals surface area contributed by atoms with Crippen molar-refractivity contribution in [1.29, 1.82) is 0 Å². The molecule has 0 radical (unpaired) electrons. The van der Waals surface area contributed by atoms with Crippen LogP contribution in [0.4, 0.5) is 11.5 Å². The van der Waals surface area contributed by atoms with E-state index in [1.165, 1.54) is 25.1 Å². The van der Waals surface area contributed by atoms with Crippen LogP contribution in [0.2, 0.25) is 5.02 Å². The number of pyridine rings is 1. The molecule has 1 heterocycles. The van der Waals surface area contributed by atoms with Crippen molar-refractivity contribution >= 4 is 23.1 Å². The number of aromatic nitrogens is 1. The van der Waals surface area contributed by atoms with Gasteiger partial charge in [0.1, 0.15) is 0 Å². The highest BCUT2D eigenvalue weighted by molar-refractivity contribution is 6.30. The molecule has 1 saturated carbocycles. The summed E-state index contributed by atoms with van der Waals surface area (Å²) in [7, 11) is 0. The van der Waals surface area contributed by atoms with Gasteiger partial charge in [0.05, 0.1) is 9.95 Å². The third kappa shape index (κ3) is 3.30. The first-order valence-corrected chi connectivity index (χ1v) is 6.00. The predicted molar refractivity (Wildman–Crippen MR) is 66.3 cm³/mol. The topological polar surface area (TPSA) is 68.1 Å². The van der Waals surface area contributed by atoms with Gasteiger partial charge in [-0.1, -0.05) is 24.4 Å². The minimum atomic E-state index is -0.467. The molecule has 0 saturated heterocycles. The summed E-state index contributed by atoms with van der Waals surface area (Å²) in [5.74, 6) is 1.07. The largest absolute Gasteiger partial charge is 0.362 e. The summed E-state index contributed by atoms with van der Waals surface area (Å²) in [6.07, 6.45) is 4.98. The van der Waals surface area contributed by atoms with E-state index >= 15 is 0 Å². The van der Waals surface area contributed by atoms with Crippen LogP contribution in [-0.2, 0) is 0 Å². The molecule has 17 heavy (non-hydrogen) atoms. The molecular weight excluding hydrogens is 242 g/mol. The Morgan fingerprint density at radius 3 is 3.00 bits per heavy atom. The monoisotopic (exact) mass is 255 g/mol.